The van der Waals surface area contributed by atoms with Crippen molar-refractivity contribution >= 4 is 17.7 Å². The number of thioether (sulfide) groups is 1. The Morgan fingerprint density at radius 1 is 1.05 bits per heavy atom. The van der Waals surface area contributed by atoms with Crippen molar-refractivity contribution in [3.8, 4) is 0 Å². The zero-order valence-electron chi connectivity index (χ0n) is 13.7. The van der Waals surface area contributed by atoms with Gasteiger partial charge in [-0.2, -0.15) is 11.8 Å². The fourth-order valence-electron chi connectivity index (χ4n) is 3.49. The van der Waals surface area contributed by atoms with Crippen molar-refractivity contribution < 1.29 is 4.79 Å². The van der Waals surface area contributed by atoms with Gasteiger partial charge in [-0.25, -0.2) is 0 Å². The van der Waals surface area contributed by atoms with Crippen LogP contribution in [0.15, 0.2) is 0 Å². The first-order chi connectivity index (χ1) is 10.3. The Morgan fingerprint density at radius 3 is 2.33 bits per heavy atom. The molecule has 0 aromatic heterocycles. The Labute approximate surface area is 134 Å². The third kappa shape index (κ3) is 6.19. The molecule has 2 fully saturated rings. The molecule has 0 aromatic rings. The van der Waals surface area contributed by atoms with Crippen molar-refractivity contribution in [3.05, 3.63) is 0 Å². The van der Waals surface area contributed by atoms with Crippen molar-refractivity contribution in [1.82, 2.24) is 9.80 Å². The second-order valence-electron chi connectivity index (χ2n) is 6.60. The molecule has 0 spiro atoms. The summed E-state index contributed by atoms with van der Waals surface area (Å²) in [4.78, 5) is 16.8. The summed E-state index contributed by atoms with van der Waals surface area (Å²) in [5.41, 5.74) is 0. The smallest absolute Gasteiger partial charge is 0.232 e. The number of nitrogens with zero attached hydrogens (tertiary/aromatic N) is 2. The van der Waals surface area contributed by atoms with Gasteiger partial charge >= 0.3 is 0 Å². The summed E-state index contributed by atoms with van der Waals surface area (Å²) in [6, 6.07) is 0.512. The van der Waals surface area contributed by atoms with Crippen molar-refractivity contribution in [3.63, 3.8) is 0 Å². The lowest BCUT2D eigenvalue weighted by molar-refractivity contribution is -0.129. The topological polar surface area (TPSA) is 23.6 Å². The molecule has 4 heteroatoms. The van der Waals surface area contributed by atoms with E-state index in [0.29, 0.717) is 17.7 Å². The van der Waals surface area contributed by atoms with Gasteiger partial charge in [-0.05, 0) is 38.8 Å². The van der Waals surface area contributed by atoms with Crippen LogP contribution in [0.1, 0.15) is 57.8 Å². The lowest BCUT2D eigenvalue weighted by atomic mass is 9.94. The predicted octanol–water partition coefficient (Wildman–Crippen LogP) is 3.39. The molecule has 2 rings (SSSR count). The Bertz CT molecular complexity index is 297. The van der Waals surface area contributed by atoms with Crippen molar-refractivity contribution in [2.45, 2.75) is 63.8 Å². The van der Waals surface area contributed by atoms with E-state index in [-0.39, 0.29) is 0 Å². The third-order valence-corrected chi connectivity index (χ3v) is 5.91. The Morgan fingerprint density at radius 2 is 1.67 bits per heavy atom. The zero-order valence-corrected chi connectivity index (χ0v) is 14.5. The highest BCUT2D eigenvalue weighted by molar-refractivity contribution is 7.99. The quantitative estimate of drug-likeness (QED) is 0.702. The van der Waals surface area contributed by atoms with Gasteiger partial charge in [0, 0.05) is 25.4 Å². The van der Waals surface area contributed by atoms with Gasteiger partial charge in [0.25, 0.3) is 0 Å². The SMILES string of the molecule is CN(C(=O)CSCCN1CCCCCC1)C1CCCCC1. The lowest BCUT2D eigenvalue weighted by Gasteiger charge is -2.31. The van der Waals surface area contributed by atoms with Gasteiger partial charge in [-0.3, -0.25) is 4.79 Å². The molecule has 3 nitrogen and oxygen atoms in total. The van der Waals surface area contributed by atoms with E-state index in [4.69, 9.17) is 0 Å². The maximum atomic E-state index is 12.2. The molecule has 0 atom stereocenters. The van der Waals surface area contributed by atoms with Gasteiger partial charge in [0.05, 0.1) is 5.75 Å². The fourth-order valence-corrected chi connectivity index (χ4v) is 4.40. The molecule has 0 bridgehead atoms. The van der Waals surface area contributed by atoms with E-state index in [1.165, 1.54) is 70.9 Å². The monoisotopic (exact) mass is 312 g/mol. The Hall–Kier alpha value is -0.220. The summed E-state index contributed by atoms with van der Waals surface area (Å²) in [5.74, 6) is 2.10. The number of carbonyl (C=O) groups excluding carboxylic acids is 1. The minimum atomic E-state index is 0.336. The molecule has 1 heterocycles. The van der Waals surface area contributed by atoms with Crippen LogP contribution in [0, 0.1) is 0 Å². The van der Waals surface area contributed by atoms with E-state index in [1.807, 2.05) is 23.7 Å². The van der Waals surface area contributed by atoms with Gasteiger partial charge in [-0.1, -0.05) is 32.1 Å². The summed E-state index contributed by atoms with van der Waals surface area (Å²) in [5, 5.41) is 0. The summed E-state index contributed by atoms with van der Waals surface area (Å²) in [7, 11) is 2.01. The van der Waals surface area contributed by atoms with Crippen LogP contribution in [0.25, 0.3) is 0 Å². The van der Waals surface area contributed by atoms with Crippen LogP contribution in [0.4, 0.5) is 0 Å². The van der Waals surface area contributed by atoms with Gasteiger partial charge in [0.1, 0.15) is 0 Å². The second kappa shape index (κ2) is 9.73. The van der Waals surface area contributed by atoms with E-state index in [9.17, 15) is 4.79 Å². The molecule has 2 aliphatic rings. The lowest BCUT2D eigenvalue weighted by Crippen LogP contribution is -2.39. The van der Waals surface area contributed by atoms with E-state index < -0.39 is 0 Å². The molecule has 21 heavy (non-hydrogen) atoms. The maximum absolute atomic E-state index is 12.2. The highest BCUT2D eigenvalue weighted by atomic mass is 32.2. The highest BCUT2D eigenvalue weighted by Crippen LogP contribution is 2.22. The first kappa shape index (κ1) is 17.1. The fraction of sp³-hybridized carbons (Fsp3) is 0.941. The molecule has 0 unspecified atom stereocenters. The Balaban J connectivity index is 1.57. The number of rotatable bonds is 6. The van der Waals surface area contributed by atoms with Crippen LogP contribution in [-0.2, 0) is 4.79 Å². The van der Waals surface area contributed by atoms with Crippen LogP contribution in [0.5, 0.6) is 0 Å². The van der Waals surface area contributed by atoms with E-state index in [2.05, 4.69) is 4.90 Å². The van der Waals surface area contributed by atoms with Crippen LogP contribution in [0.3, 0.4) is 0 Å². The van der Waals surface area contributed by atoms with Gasteiger partial charge in [-0.15, -0.1) is 0 Å². The normalized spacial score (nSPS) is 22.0. The molecule has 1 amide bonds. The zero-order chi connectivity index (χ0) is 14.9. The minimum absolute atomic E-state index is 0.336. The van der Waals surface area contributed by atoms with E-state index in [1.54, 1.807) is 0 Å². The predicted molar refractivity (Wildman–Crippen MR) is 91.9 cm³/mol. The molecule has 0 aromatic carbocycles. The summed E-state index contributed by atoms with van der Waals surface area (Å²) >= 11 is 1.82. The maximum Gasteiger partial charge on any atom is 0.232 e. The Kier molecular flexibility index (Phi) is 7.94. The van der Waals surface area contributed by atoms with Crippen LogP contribution >= 0.6 is 11.8 Å². The van der Waals surface area contributed by atoms with Crippen LogP contribution < -0.4 is 0 Å². The average molecular weight is 313 g/mol. The first-order valence-electron chi connectivity index (χ1n) is 8.83. The van der Waals surface area contributed by atoms with Gasteiger partial charge in [0.2, 0.25) is 5.91 Å². The molecular weight excluding hydrogens is 280 g/mol. The number of hydrogen-bond donors (Lipinski definition) is 0. The average Bonchev–Trinajstić information content (AvgIpc) is 2.80. The third-order valence-electron chi connectivity index (χ3n) is 4.99. The van der Waals surface area contributed by atoms with Crippen LogP contribution in [-0.4, -0.2) is 59.9 Å². The molecule has 1 aliphatic carbocycles. The van der Waals surface area contributed by atoms with Crippen molar-refractivity contribution in [1.29, 1.82) is 0 Å². The molecule has 1 aliphatic heterocycles. The first-order valence-corrected chi connectivity index (χ1v) is 9.98. The largest absolute Gasteiger partial charge is 0.342 e. The van der Waals surface area contributed by atoms with Gasteiger partial charge in [0.15, 0.2) is 0 Å². The molecule has 1 saturated heterocycles. The number of hydrogen-bond acceptors (Lipinski definition) is 3. The number of carbonyl (C=O) groups is 1. The molecule has 0 N–H and O–H groups in total. The van der Waals surface area contributed by atoms with Crippen molar-refractivity contribution in [2.75, 3.05) is 38.2 Å². The minimum Gasteiger partial charge on any atom is -0.342 e. The molecule has 1 saturated carbocycles. The van der Waals surface area contributed by atoms with Gasteiger partial charge < -0.3 is 9.80 Å². The van der Waals surface area contributed by atoms with Crippen LogP contribution in [0.2, 0.25) is 0 Å². The van der Waals surface area contributed by atoms with Crippen molar-refractivity contribution in [2.24, 2.45) is 0 Å². The van der Waals surface area contributed by atoms with E-state index in [0.717, 1.165) is 12.3 Å². The highest BCUT2D eigenvalue weighted by Gasteiger charge is 2.21. The second-order valence-corrected chi connectivity index (χ2v) is 7.71. The summed E-state index contributed by atoms with van der Waals surface area (Å²) < 4.78 is 0. The number of amides is 1. The number of likely N-dealkylation sites (tertiary alicyclic amines) is 1. The molecular formula is C17H32N2OS. The van der Waals surface area contributed by atoms with E-state index >= 15 is 0 Å². The summed E-state index contributed by atoms with van der Waals surface area (Å²) in [6.45, 7) is 3.68. The molecule has 122 valence electrons. The summed E-state index contributed by atoms with van der Waals surface area (Å²) in [6.07, 6.45) is 11.9. The standard InChI is InChI=1S/C17H32N2OS/c1-18(16-9-5-4-6-10-16)17(20)15-21-14-13-19-11-7-2-3-8-12-19/h16H,2-15H2,1H3. The molecule has 0 radical (unpaired) electrons.